The number of nitrogens with one attached hydrogen (secondary N) is 3. The van der Waals surface area contributed by atoms with Crippen LogP contribution < -0.4 is 16.0 Å². The Morgan fingerprint density at radius 1 is 0.933 bits per heavy atom. The molecule has 3 aromatic rings. The maximum Gasteiger partial charge on any atom is 0.416 e. The molecule has 0 aliphatic rings. The molecule has 1 aromatic heterocycles. The average molecular weight is 434 g/mol. The fourth-order valence-electron chi connectivity index (χ4n) is 2.55. The van der Waals surface area contributed by atoms with Crippen molar-refractivity contribution in [1.29, 1.82) is 0 Å². The fourth-order valence-corrected chi connectivity index (χ4v) is 3.52. The second-order valence-electron chi connectivity index (χ2n) is 6.24. The van der Waals surface area contributed by atoms with Crippen molar-refractivity contribution >= 4 is 34.6 Å². The minimum atomic E-state index is -4.41. The topological polar surface area (TPSA) is 83.1 Å². The molecule has 0 aliphatic carbocycles. The van der Waals surface area contributed by atoms with Crippen LogP contribution in [0.3, 0.4) is 0 Å². The predicted molar refractivity (Wildman–Crippen MR) is 110 cm³/mol. The van der Waals surface area contributed by atoms with Gasteiger partial charge in [0.1, 0.15) is 9.88 Å². The largest absolute Gasteiger partial charge is 0.416 e. The van der Waals surface area contributed by atoms with Gasteiger partial charge in [0.2, 0.25) is 0 Å². The van der Waals surface area contributed by atoms with Gasteiger partial charge in [-0.1, -0.05) is 12.1 Å². The summed E-state index contributed by atoms with van der Waals surface area (Å²) in [6.45, 7) is 1.66. The van der Waals surface area contributed by atoms with Gasteiger partial charge in [-0.2, -0.15) is 13.2 Å². The number of carbonyl (C=O) groups is 2. The molecular weight excluding hydrogens is 417 g/mol. The van der Waals surface area contributed by atoms with Crippen LogP contribution in [0, 0.1) is 6.92 Å². The summed E-state index contributed by atoms with van der Waals surface area (Å²) >= 11 is 1.10. The van der Waals surface area contributed by atoms with Crippen molar-refractivity contribution < 1.29 is 22.8 Å². The number of benzene rings is 2. The zero-order valence-electron chi connectivity index (χ0n) is 15.9. The van der Waals surface area contributed by atoms with Crippen molar-refractivity contribution in [2.45, 2.75) is 13.1 Å². The van der Waals surface area contributed by atoms with E-state index < -0.39 is 11.7 Å². The van der Waals surface area contributed by atoms with E-state index in [1.165, 1.54) is 19.2 Å². The lowest BCUT2D eigenvalue weighted by Crippen LogP contribution is -2.24. The molecule has 0 spiro atoms. The van der Waals surface area contributed by atoms with E-state index in [9.17, 15) is 22.8 Å². The fraction of sp³-hybridized carbons (Fsp3) is 0.150. The molecule has 30 heavy (non-hydrogen) atoms. The average Bonchev–Trinajstić information content (AvgIpc) is 3.10. The van der Waals surface area contributed by atoms with Crippen LogP contribution in [-0.2, 0) is 6.18 Å². The second kappa shape index (κ2) is 8.54. The second-order valence-corrected chi connectivity index (χ2v) is 7.24. The number of nitrogens with zero attached hydrogens (tertiary/aromatic N) is 1. The molecule has 1 heterocycles. The Kier molecular flexibility index (Phi) is 6.06. The first-order valence-electron chi connectivity index (χ1n) is 8.72. The van der Waals surface area contributed by atoms with Gasteiger partial charge in [-0.05, 0) is 43.3 Å². The Bertz CT molecular complexity index is 1060. The van der Waals surface area contributed by atoms with Gasteiger partial charge in [0, 0.05) is 24.0 Å². The number of carbonyl (C=O) groups excluding carboxylic acids is 2. The molecule has 156 valence electrons. The molecule has 0 bridgehead atoms. The van der Waals surface area contributed by atoms with Crippen molar-refractivity contribution in [3.05, 3.63) is 64.7 Å². The molecule has 10 heteroatoms. The van der Waals surface area contributed by atoms with Crippen LogP contribution in [0.15, 0.2) is 48.5 Å². The normalized spacial score (nSPS) is 11.1. The molecule has 6 nitrogen and oxygen atoms in total. The number of thiazole rings is 1. The van der Waals surface area contributed by atoms with E-state index in [-0.39, 0.29) is 11.9 Å². The number of alkyl halides is 3. The predicted octanol–water partition coefficient (Wildman–Crippen LogP) is 5.14. The molecule has 0 saturated heterocycles. The van der Waals surface area contributed by atoms with E-state index in [1.54, 1.807) is 31.2 Å². The van der Waals surface area contributed by atoms with E-state index in [4.69, 9.17) is 0 Å². The number of aryl methyl sites for hydroxylation is 1. The van der Waals surface area contributed by atoms with E-state index in [2.05, 4.69) is 20.9 Å². The highest BCUT2D eigenvalue weighted by molar-refractivity contribution is 7.17. The molecule has 0 saturated carbocycles. The van der Waals surface area contributed by atoms with Crippen LogP contribution in [0.25, 0.3) is 10.6 Å². The van der Waals surface area contributed by atoms with Crippen LogP contribution in [0.2, 0.25) is 0 Å². The zero-order valence-corrected chi connectivity index (χ0v) is 16.7. The molecule has 0 atom stereocenters. The minimum absolute atomic E-state index is 0.358. The molecule has 0 fully saturated rings. The van der Waals surface area contributed by atoms with Gasteiger partial charge >= 0.3 is 12.2 Å². The van der Waals surface area contributed by atoms with E-state index in [0.717, 1.165) is 23.5 Å². The summed E-state index contributed by atoms with van der Waals surface area (Å²) in [6, 6.07) is 10.8. The van der Waals surface area contributed by atoms with Crippen molar-refractivity contribution in [3.8, 4) is 10.6 Å². The quantitative estimate of drug-likeness (QED) is 0.532. The summed E-state index contributed by atoms with van der Waals surface area (Å²) < 4.78 is 38.2. The third-order valence-corrected chi connectivity index (χ3v) is 5.29. The number of urea groups is 1. The maximum atomic E-state index is 12.7. The summed E-state index contributed by atoms with van der Waals surface area (Å²) in [5, 5.41) is 8.24. The van der Waals surface area contributed by atoms with Gasteiger partial charge in [-0.3, -0.25) is 4.79 Å². The van der Waals surface area contributed by atoms with Gasteiger partial charge < -0.3 is 16.0 Å². The smallest absolute Gasteiger partial charge is 0.341 e. The Morgan fingerprint density at radius 2 is 1.50 bits per heavy atom. The Morgan fingerprint density at radius 3 is 2.03 bits per heavy atom. The maximum absolute atomic E-state index is 12.7. The monoisotopic (exact) mass is 434 g/mol. The molecule has 0 unspecified atom stereocenters. The first-order valence-corrected chi connectivity index (χ1v) is 9.54. The number of hydrogen-bond donors (Lipinski definition) is 3. The third kappa shape index (κ3) is 4.95. The molecule has 0 aliphatic heterocycles. The lowest BCUT2D eigenvalue weighted by Gasteiger charge is -2.07. The highest BCUT2D eigenvalue weighted by Crippen LogP contribution is 2.33. The first kappa shape index (κ1) is 21.3. The van der Waals surface area contributed by atoms with Crippen LogP contribution >= 0.6 is 11.3 Å². The van der Waals surface area contributed by atoms with Crippen molar-refractivity contribution in [2.24, 2.45) is 0 Å². The van der Waals surface area contributed by atoms with Crippen LogP contribution in [0.1, 0.15) is 20.9 Å². The van der Waals surface area contributed by atoms with Crippen molar-refractivity contribution in [1.82, 2.24) is 10.3 Å². The molecule has 3 amide bonds. The van der Waals surface area contributed by atoms with Gasteiger partial charge in [0.25, 0.3) is 5.91 Å². The van der Waals surface area contributed by atoms with Crippen LogP contribution in [0.5, 0.6) is 0 Å². The summed E-state index contributed by atoms with van der Waals surface area (Å²) in [5.74, 6) is -0.379. The Hall–Kier alpha value is -3.40. The van der Waals surface area contributed by atoms with Crippen molar-refractivity contribution in [3.63, 3.8) is 0 Å². The Labute approximate surface area is 174 Å². The number of hydrogen-bond acceptors (Lipinski definition) is 4. The molecule has 3 rings (SSSR count). The summed E-state index contributed by atoms with van der Waals surface area (Å²) in [5.41, 5.74) is 1.31. The standard InChI is InChI=1S/C20H17F3N4O2S/c1-11-16(17(28)26-14-7-9-15(10-8-14)27-19(29)24-2)30-18(25-11)12-3-5-13(6-4-12)20(21,22)23/h3-10H,1-2H3,(H,26,28)(H2,24,27,29). The SMILES string of the molecule is CNC(=O)Nc1ccc(NC(=O)c2sc(-c3ccc(C(F)(F)F)cc3)nc2C)cc1. The van der Waals surface area contributed by atoms with Gasteiger partial charge in [-0.25, -0.2) is 9.78 Å². The number of halogens is 3. The van der Waals surface area contributed by atoms with Gasteiger partial charge in [0.05, 0.1) is 11.3 Å². The highest BCUT2D eigenvalue weighted by Gasteiger charge is 2.30. The molecule has 3 N–H and O–H groups in total. The lowest BCUT2D eigenvalue weighted by molar-refractivity contribution is -0.137. The van der Waals surface area contributed by atoms with Crippen LogP contribution in [0.4, 0.5) is 29.3 Å². The van der Waals surface area contributed by atoms with Gasteiger partial charge in [-0.15, -0.1) is 11.3 Å². The first-order chi connectivity index (χ1) is 14.2. The summed E-state index contributed by atoms with van der Waals surface area (Å²) in [7, 11) is 1.50. The zero-order chi connectivity index (χ0) is 21.9. The lowest BCUT2D eigenvalue weighted by atomic mass is 10.1. The molecule has 0 radical (unpaired) electrons. The van der Waals surface area contributed by atoms with E-state index in [0.29, 0.717) is 32.5 Å². The number of aromatic nitrogens is 1. The van der Waals surface area contributed by atoms with Crippen molar-refractivity contribution in [2.75, 3.05) is 17.7 Å². The number of anilines is 2. The Balaban J connectivity index is 1.73. The molecular formula is C20H17F3N4O2S. The molecule has 2 aromatic carbocycles. The minimum Gasteiger partial charge on any atom is -0.341 e. The van der Waals surface area contributed by atoms with E-state index >= 15 is 0 Å². The summed E-state index contributed by atoms with van der Waals surface area (Å²) in [4.78, 5) is 28.6. The summed E-state index contributed by atoms with van der Waals surface area (Å²) in [6.07, 6.45) is -4.41. The van der Waals surface area contributed by atoms with E-state index in [1.807, 2.05) is 0 Å². The number of amides is 3. The number of rotatable bonds is 4. The highest BCUT2D eigenvalue weighted by atomic mass is 32.1. The van der Waals surface area contributed by atoms with Gasteiger partial charge in [0.15, 0.2) is 0 Å². The van der Waals surface area contributed by atoms with Crippen LogP contribution in [-0.4, -0.2) is 24.0 Å². The third-order valence-electron chi connectivity index (χ3n) is 4.09.